The first kappa shape index (κ1) is 19.8. The van der Waals surface area contributed by atoms with Gasteiger partial charge in [-0.2, -0.15) is 0 Å². The van der Waals surface area contributed by atoms with Crippen molar-refractivity contribution in [2.45, 2.75) is 6.92 Å². The summed E-state index contributed by atoms with van der Waals surface area (Å²) in [6, 6.07) is 36.5. The first-order valence-corrected chi connectivity index (χ1v) is 10.9. The minimum atomic E-state index is 1.14. The van der Waals surface area contributed by atoms with E-state index in [4.69, 9.17) is 0 Å². The number of hydrogen-bond acceptors (Lipinski definition) is 0. The Hall–Kier alpha value is -4.10. The highest BCUT2D eigenvalue weighted by Crippen LogP contribution is 2.35. The van der Waals surface area contributed by atoms with Crippen LogP contribution in [0.15, 0.2) is 116 Å². The molecule has 0 unspecified atom stereocenters. The first-order valence-electron chi connectivity index (χ1n) is 10.9. The average Bonchev–Trinajstić information content (AvgIpc) is 3.17. The van der Waals surface area contributed by atoms with Gasteiger partial charge in [0.2, 0.25) is 0 Å². The molecule has 0 aliphatic heterocycles. The third kappa shape index (κ3) is 3.48. The van der Waals surface area contributed by atoms with Crippen molar-refractivity contribution in [2.75, 3.05) is 0 Å². The zero-order chi connectivity index (χ0) is 21.9. The van der Waals surface area contributed by atoms with Gasteiger partial charge in [-0.3, -0.25) is 0 Å². The zero-order valence-corrected chi connectivity index (χ0v) is 18.2. The predicted octanol–water partition coefficient (Wildman–Crippen LogP) is 8.64. The molecule has 1 heteroatoms. The van der Waals surface area contributed by atoms with E-state index in [-0.39, 0.29) is 0 Å². The van der Waals surface area contributed by atoms with Crippen LogP contribution in [0.2, 0.25) is 0 Å². The van der Waals surface area contributed by atoms with Crippen LogP contribution in [0.1, 0.15) is 18.2 Å². The molecular formula is C31H25N. The molecule has 0 saturated heterocycles. The van der Waals surface area contributed by atoms with Crippen molar-refractivity contribution in [1.82, 2.24) is 4.57 Å². The van der Waals surface area contributed by atoms with E-state index in [2.05, 4.69) is 133 Å². The predicted molar refractivity (Wildman–Crippen MR) is 139 cm³/mol. The van der Waals surface area contributed by atoms with E-state index in [1.165, 1.54) is 33.2 Å². The number of allylic oxidation sites excluding steroid dienone is 1. The molecule has 0 radical (unpaired) electrons. The second kappa shape index (κ2) is 8.56. The molecule has 5 aromatic rings. The monoisotopic (exact) mass is 411 g/mol. The topological polar surface area (TPSA) is 4.93 Å². The zero-order valence-electron chi connectivity index (χ0n) is 18.2. The van der Waals surface area contributed by atoms with Gasteiger partial charge in [0.05, 0.1) is 11.2 Å². The van der Waals surface area contributed by atoms with Crippen LogP contribution in [0.25, 0.3) is 51.0 Å². The number of aromatic nitrogens is 1. The highest BCUT2D eigenvalue weighted by molar-refractivity contribution is 5.97. The van der Waals surface area contributed by atoms with E-state index in [0.29, 0.717) is 0 Å². The van der Waals surface area contributed by atoms with Gasteiger partial charge in [-0.15, -0.1) is 0 Å². The third-order valence-electron chi connectivity index (χ3n) is 5.89. The van der Waals surface area contributed by atoms with Gasteiger partial charge in [-0.25, -0.2) is 0 Å². The van der Waals surface area contributed by atoms with Crippen LogP contribution in [0.5, 0.6) is 0 Å². The largest absolute Gasteiger partial charge is 0.309 e. The molecule has 0 aliphatic carbocycles. The van der Waals surface area contributed by atoms with Crippen LogP contribution in [0.4, 0.5) is 0 Å². The van der Waals surface area contributed by atoms with Gasteiger partial charge in [-0.1, -0.05) is 97.6 Å². The van der Waals surface area contributed by atoms with E-state index in [1.807, 2.05) is 6.08 Å². The van der Waals surface area contributed by atoms with Gasteiger partial charge in [-0.05, 0) is 59.5 Å². The lowest BCUT2D eigenvalue weighted by Crippen LogP contribution is -1.97. The lowest BCUT2D eigenvalue weighted by Gasteiger charge is -2.12. The van der Waals surface area contributed by atoms with Gasteiger partial charge in [0.25, 0.3) is 0 Å². The molecule has 0 amide bonds. The Morgan fingerprint density at radius 3 is 1.91 bits per heavy atom. The van der Waals surface area contributed by atoms with Gasteiger partial charge >= 0.3 is 0 Å². The molecule has 1 heterocycles. The minimum Gasteiger partial charge on any atom is -0.309 e. The number of hydrogen-bond donors (Lipinski definition) is 0. The van der Waals surface area contributed by atoms with E-state index in [0.717, 1.165) is 16.9 Å². The molecule has 5 rings (SSSR count). The Labute approximate surface area is 189 Å². The smallest absolute Gasteiger partial charge is 0.0541 e. The second-order valence-electron chi connectivity index (χ2n) is 7.85. The van der Waals surface area contributed by atoms with E-state index >= 15 is 0 Å². The molecule has 0 N–H and O–H groups in total. The fourth-order valence-corrected chi connectivity index (χ4v) is 4.42. The van der Waals surface area contributed by atoms with Gasteiger partial charge < -0.3 is 4.57 Å². The third-order valence-corrected chi connectivity index (χ3v) is 5.89. The molecular weight excluding hydrogens is 386 g/mol. The molecule has 4 aromatic carbocycles. The second-order valence-corrected chi connectivity index (χ2v) is 7.85. The highest BCUT2D eigenvalue weighted by atomic mass is 15.0. The van der Waals surface area contributed by atoms with E-state index < -0.39 is 0 Å². The Morgan fingerprint density at radius 1 is 0.656 bits per heavy atom. The summed E-state index contributed by atoms with van der Waals surface area (Å²) in [4.78, 5) is 0. The SMILES string of the molecule is C=Cc1c(/C=C\C)n(-c2cccc(-c3ccccc3)c2)c2ccc(-c3ccccc3)cc12. The van der Waals surface area contributed by atoms with Gasteiger partial charge in [0.1, 0.15) is 0 Å². The normalized spacial score (nSPS) is 11.3. The summed E-state index contributed by atoms with van der Waals surface area (Å²) in [5.74, 6) is 0. The number of benzene rings is 4. The number of rotatable bonds is 5. The Bertz CT molecular complexity index is 1420. The van der Waals surface area contributed by atoms with Crippen molar-refractivity contribution in [3.05, 3.63) is 127 Å². The summed E-state index contributed by atoms with van der Waals surface area (Å²) in [5, 5.41) is 1.21. The van der Waals surface area contributed by atoms with Crippen LogP contribution in [0, 0.1) is 0 Å². The van der Waals surface area contributed by atoms with Crippen LogP contribution in [-0.2, 0) is 0 Å². The fraction of sp³-hybridized carbons (Fsp3) is 0.0323. The molecule has 0 saturated carbocycles. The maximum Gasteiger partial charge on any atom is 0.0541 e. The summed E-state index contributed by atoms with van der Waals surface area (Å²) in [7, 11) is 0. The Balaban J connectivity index is 1.76. The van der Waals surface area contributed by atoms with Crippen molar-refractivity contribution in [1.29, 1.82) is 0 Å². The number of fused-ring (bicyclic) bond motifs is 1. The summed E-state index contributed by atoms with van der Waals surface area (Å²) in [5.41, 5.74) is 9.47. The molecule has 154 valence electrons. The molecule has 0 atom stereocenters. The van der Waals surface area contributed by atoms with Crippen LogP contribution < -0.4 is 0 Å². The molecule has 1 aromatic heterocycles. The number of nitrogens with zero attached hydrogens (tertiary/aromatic N) is 1. The minimum absolute atomic E-state index is 1.14. The summed E-state index contributed by atoms with van der Waals surface area (Å²) in [6.07, 6.45) is 6.25. The van der Waals surface area contributed by atoms with Gasteiger partial charge in [0.15, 0.2) is 0 Å². The molecule has 0 aliphatic rings. The standard InChI is InChI=1S/C31H25N/c1-3-12-30-28(4-2)29-22-26(24-15-9-6-10-16-24)19-20-31(29)32(30)27-18-11-17-25(21-27)23-13-7-5-8-14-23/h3-22H,2H2,1H3/b12-3-. The van der Waals surface area contributed by atoms with Crippen molar-refractivity contribution in [3.63, 3.8) is 0 Å². The van der Waals surface area contributed by atoms with Crippen molar-refractivity contribution < 1.29 is 0 Å². The van der Waals surface area contributed by atoms with E-state index in [9.17, 15) is 0 Å². The lowest BCUT2D eigenvalue weighted by molar-refractivity contribution is 1.11. The summed E-state index contributed by atoms with van der Waals surface area (Å²) < 4.78 is 2.34. The Kier molecular flexibility index (Phi) is 5.31. The molecule has 0 fully saturated rings. The molecule has 0 bridgehead atoms. The molecule has 0 spiro atoms. The van der Waals surface area contributed by atoms with Crippen molar-refractivity contribution in [3.8, 4) is 27.9 Å². The van der Waals surface area contributed by atoms with Crippen molar-refractivity contribution >= 4 is 23.1 Å². The fourth-order valence-electron chi connectivity index (χ4n) is 4.42. The first-order chi connectivity index (χ1) is 15.8. The molecule has 32 heavy (non-hydrogen) atoms. The van der Waals surface area contributed by atoms with Crippen LogP contribution in [0.3, 0.4) is 0 Å². The van der Waals surface area contributed by atoms with E-state index in [1.54, 1.807) is 0 Å². The Morgan fingerprint density at radius 2 is 1.28 bits per heavy atom. The van der Waals surface area contributed by atoms with Gasteiger partial charge in [0, 0.05) is 16.6 Å². The lowest BCUT2D eigenvalue weighted by atomic mass is 10.0. The molecule has 1 nitrogen and oxygen atoms in total. The van der Waals surface area contributed by atoms with Crippen LogP contribution in [-0.4, -0.2) is 4.57 Å². The maximum absolute atomic E-state index is 4.15. The maximum atomic E-state index is 4.15. The van der Waals surface area contributed by atoms with Crippen LogP contribution >= 0.6 is 0 Å². The summed E-state index contributed by atoms with van der Waals surface area (Å²) >= 11 is 0. The average molecular weight is 412 g/mol. The quantitative estimate of drug-likeness (QED) is 0.273. The van der Waals surface area contributed by atoms with Crippen molar-refractivity contribution in [2.24, 2.45) is 0 Å². The summed E-state index contributed by atoms with van der Waals surface area (Å²) in [6.45, 7) is 6.21. The highest BCUT2D eigenvalue weighted by Gasteiger charge is 2.16.